The highest BCUT2D eigenvalue weighted by Gasteiger charge is 2.30. The van der Waals surface area contributed by atoms with Gasteiger partial charge in [0.25, 0.3) is 0 Å². The molecule has 1 aromatic rings. The molecule has 104 valence electrons. The Balaban J connectivity index is 1.90. The van der Waals surface area contributed by atoms with Gasteiger partial charge in [-0.05, 0) is 43.8 Å². The van der Waals surface area contributed by atoms with Crippen molar-refractivity contribution in [3.05, 3.63) is 29.8 Å². The fourth-order valence-corrected chi connectivity index (χ4v) is 3.00. The van der Waals surface area contributed by atoms with Crippen LogP contribution in [-0.2, 0) is 0 Å². The third-order valence-corrected chi connectivity index (χ3v) is 4.63. The van der Waals surface area contributed by atoms with Gasteiger partial charge in [-0.25, -0.2) is 4.31 Å². The summed E-state index contributed by atoms with van der Waals surface area (Å²) in [7, 11) is 0. The second kappa shape index (κ2) is 6.05. The van der Waals surface area contributed by atoms with Crippen molar-refractivity contribution < 1.29 is 9.90 Å². The van der Waals surface area contributed by atoms with Gasteiger partial charge in [0.05, 0.1) is 6.61 Å². The van der Waals surface area contributed by atoms with Gasteiger partial charge in [0.1, 0.15) is 0 Å². The molecule has 4 nitrogen and oxygen atoms in total. The quantitative estimate of drug-likeness (QED) is 0.649. The highest BCUT2D eigenvalue weighted by molar-refractivity contribution is 7.97. The van der Waals surface area contributed by atoms with Gasteiger partial charge in [0, 0.05) is 29.1 Å². The average Bonchev–Trinajstić information content (AvgIpc) is 2.42. The zero-order valence-electron chi connectivity index (χ0n) is 11.1. The molecule has 0 aliphatic carbocycles. The molecule has 1 aliphatic heterocycles. The number of aliphatic hydroxyl groups excluding tert-OH is 1. The SMILES string of the molecule is CC(=O)c1ccc(SN2CCC(N)(CO)CC2)cc1. The van der Waals surface area contributed by atoms with Crippen LogP contribution in [0.5, 0.6) is 0 Å². The maximum Gasteiger partial charge on any atom is 0.159 e. The molecule has 0 atom stereocenters. The number of Topliss-reactive ketones (excluding diaryl/α,β-unsaturated/α-hetero) is 1. The summed E-state index contributed by atoms with van der Waals surface area (Å²) < 4.78 is 2.25. The Labute approximate surface area is 118 Å². The largest absolute Gasteiger partial charge is 0.394 e. The Morgan fingerprint density at radius 2 is 1.95 bits per heavy atom. The Hall–Kier alpha value is -0.880. The smallest absolute Gasteiger partial charge is 0.159 e. The Bertz CT molecular complexity index is 439. The molecule has 1 fully saturated rings. The van der Waals surface area contributed by atoms with Crippen LogP contribution < -0.4 is 5.73 Å². The molecule has 19 heavy (non-hydrogen) atoms. The van der Waals surface area contributed by atoms with Gasteiger partial charge in [0.15, 0.2) is 5.78 Å². The Kier molecular flexibility index (Phi) is 4.62. The minimum atomic E-state index is -0.407. The highest BCUT2D eigenvalue weighted by Crippen LogP contribution is 2.29. The van der Waals surface area contributed by atoms with E-state index in [1.54, 1.807) is 18.9 Å². The zero-order chi connectivity index (χ0) is 13.9. The Morgan fingerprint density at radius 3 is 2.42 bits per heavy atom. The predicted octanol–water partition coefficient (Wildman–Crippen LogP) is 1.68. The summed E-state index contributed by atoms with van der Waals surface area (Å²) in [5.41, 5.74) is 6.38. The lowest BCUT2D eigenvalue weighted by molar-refractivity contribution is 0.101. The molecular weight excluding hydrogens is 260 g/mol. The number of carbonyl (C=O) groups excluding carboxylic acids is 1. The third-order valence-electron chi connectivity index (χ3n) is 3.53. The molecule has 2 rings (SSSR count). The van der Waals surface area contributed by atoms with Crippen LogP contribution >= 0.6 is 11.9 Å². The van der Waals surface area contributed by atoms with E-state index in [1.165, 1.54) is 0 Å². The summed E-state index contributed by atoms with van der Waals surface area (Å²) in [4.78, 5) is 12.3. The average molecular weight is 280 g/mol. The van der Waals surface area contributed by atoms with E-state index in [4.69, 9.17) is 5.73 Å². The zero-order valence-corrected chi connectivity index (χ0v) is 11.9. The van der Waals surface area contributed by atoms with Gasteiger partial charge < -0.3 is 10.8 Å². The first kappa shape index (κ1) is 14.5. The second-order valence-electron chi connectivity index (χ2n) is 5.12. The van der Waals surface area contributed by atoms with Crippen molar-refractivity contribution in [1.82, 2.24) is 4.31 Å². The molecular formula is C14H20N2O2S. The van der Waals surface area contributed by atoms with E-state index in [1.807, 2.05) is 24.3 Å². The third kappa shape index (κ3) is 3.79. The first-order valence-corrected chi connectivity index (χ1v) is 7.23. The molecule has 0 amide bonds. The van der Waals surface area contributed by atoms with Crippen LogP contribution in [0.1, 0.15) is 30.1 Å². The van der Waals surface area contributed by atoms with Crippen LogP contribution in [-0.4, -0.2) is 40.4 Å². The number of carbonyl (C=O) groups is 1. The van der Waals surface area contributed by atoms with Crippen molar-refractivity contribution in [2.24, 2.45) is 5.73 Å². The molecule has 1 saturated heterocycles. The number of ketones is 1. The molecule has 1 aliphatic rings. The Morgan fingerprint density at radius 1 is 1.37 bits per heavy atom. The van der Waals surface area contributed by atoms with E-state index in [-0.39, 0.29) is 12.4 Å². The van der Waals surface area contributed by atoms with Crippen molar-refractivity contribution in [1.29, 1.82) is 0 Å². The molecule has 0 unspecified atom stereocenters. The van der Waals surface area contributed by atoms with E-state index in [2.05, 4.69) is 4.31 Å². The summed E-state index contributed by atoms with van der Waals surface area (Å²) in [5, 5.41) is 9.23. The standard InChI is InChI=1S/C14H20N2O2S/c1-11(18)12-2-4-13(5-3-12)19-16-8-6-14(15,10-17)7-9-16/h2-5,17H,6-10,15H2,1H3. The maximum atomic E-state index is 11.2. The van der Waals surface area contributed by atoms with Crippen molar-refractivity contribution in [2.45, 2.75) is 30.2 Å². The molecule has 0 saturated carbocycles. The van der Waals surface area contributed by atoms with Crippen molar-refractivity contribution >= 4 is 17.7 Å². The number of nitrogens with two attached hydrogens (primary N) is 1. The fourth-order valence-electron chi connectivity index (χ4n) is 2.08. The topological polar surface area (TPSA) is 66.6 Å². The lowest BCUT2D eigenvalue weighted by Crippen LogP contribution is -2.51. The van der Waals surface area contributed by atoms with E-state index in [9.17, 15) is 9.90 Å². The first-order chi connectivity index (χ1) is 9.02. The van der Waals surface area contributed by atoms with Crippen LogP contribution in [0.3, 0.4) is 0 Å². The minimum absolute atomic E-state index is 0.0544. The van der Waals surface area contributed by atoms with E-state index in [0.717, 1.165) is 36.4 Å². The van der Waals surface area contributed by atoms with Gasteiger partial charge in [-0.2, -0.15) is 0 Å². The maximum absolute atomic E-state index is 11.2. The molecule has 1 heterocycles. The van der Waals surface area contributed by atoms with E-state index in [0.29, 0.717) is 0 Å². The van der Waals surface area contributed by atoms with E-state index >= 15 is 0 Å². The van der Waals surface area contributed by atoms with Crippen LogP contribution in [0.15, 0.2) is 29.2 Å². The van der Waals surface area contributed by atoms with Gasteiger partial charge >= 0.3 is 0 Å². The number of aliphatic hydroxyl groups is 1. The molecule has 0 aromatic heterocycles. The monoisotopic (exact) mass is 280 g/mol. The lowest BCUT2D eigenvalue weighted by atomic mass is 9.91. The second-order valence-corrected chi connectivity index (χ2v) is 6.29. The molecule has 5 heteroatoms. The number of rotatable bonds is 4. The summed E-state index contributed by atoms with van der Waals surface area (Å²) >= 11 is 1.68. The minimum Gasteiger partial charge on any atom is -0.394 e. The van der Waals surface area contributed by atoms with Crippen LogP contribution in [0.2, 0.25) is 0 Å². The molecule has 0 radical (unpaired) electrons. The number of benzene rings is 1. The number of hydrogen-bond donors (Lipinski definition) is 2. The number of piperidine rings is 1. The van der Waals surface area contributed by atoms with Crippen LogP contribution in [0, 0.1) is 0 Å². The predicted molar refractivity (Wildman–Crippen MR) is 77.1 cm³/mol. The summed E-state index contributed by atoms with van der Waals surface area (Å²) in [6.07, 6.45) is 1.62. The number of hydrogen-bond acceptors (Lipinski definition) is 5. The van der Waals surface area contributed by atoms with Crippen LogP contribution in [0.25, 0.3) is 0 Å². The number of nitrogens with zero attached hydrogens (tertiary/aromatic N) is 1. The van der Waals surface area contributed by atoms with Crippen molar-refractivity contribution in [3.63, 3.8) is 0 Å². The normalized spacial score (nSPS) is 19.3. The van der Waals surface area contributed by atoms with Gasteiger partial charge in [-0.3, -0.25) is 4.79 Å². The van der Waals surface area contributed by atoms with Crippen LogP contribution in [0.4, 0.5) is 0 Å². The fraction of sp³-hybridized carbons (Fsp3) is 0.500. The molecule has 3 N–H and O–H groups in total. The van der Waals surface area contributed by atoms with Crippen molar-refractivity contribution in [2.75, 3.05) is 19.7 Å². The summed E-state index contributed by atoms with van der Waals surface area (Å²) in [5.74, 6) is 0.0883. The van der Waals surface area contributed by atoms with Gasteiger partial charge in [-0.1, -0.05) is 12.1 Å². The van der Waals surface area contributed by atoms with E-state index < -0.39 is 5.54 Å². The highest BCUT2D eigenvalue weighted by atomic mass is 32.2. The van der Waals surface area contributed by atoms with Gasteiger partial charge in [-0.15, -0.1) is 0 Å². The molecule has 0 spiro atoms. The molecule has 1 aromatic carbocycles. The van der Waals surface area contributed by atoms with Crippen molar-refractivity contribution in [3.8, 4) is 0 Å². The molecule has 0 bridgehead atoms. The van der Waals surface area contributed by atoms with Gasteiger partial charge in [0.2, 0.25) is 0 Å². The first-order valence-electron chi connectivity index (χ1n) is 6.46. The summed E-state index contributed by atoms with van der Waals surface area (Å²) in [6, 6.07) is 7.65. The summed E-state index contributed by atoms with van der Waals surface area (Å²) in [6.45, 7) is 3.37. The lowest BCUT2D eigenvalue weighted by Gasteiger charge is -2.37.